The minimum absolute atomic E-state index is 0.161. The fraction of sp³-hybridized carbons (Fsp3) is 0.500. The molecule has 0 radical (unpaired) electrons. The van der Waals surface area contributed by atoms with Crippen LogP contribution in [0.25, 0.3) is 0 Å². The third-order valence-electron chi connectivity index (χ3n) is 5.05. The first-order chi connectivity index (χ1) is 11.5. The van der Waals surface area contributed by atoms with Crippen LogP contribution in [0.1, 0.15) is 55.9 Å². The maximum atomic E-state index is 12.4. The highest BCUT2D eigenvalue weighted by molar-refractivity contribution is 7.09. The van der Waals surface area contributed by atoms with Crippen molar-refractivity contribution in [3.8, 4) is 0 Å². The summed E-state index contributed by atoms with van der Waals surface area (Å²) in [5.41, 5.74) is 3.50. The molecule has 0 bridgehead atoms. The summed E-state index contributed by atoms with van der Waals surface area (Å²) in [6.07, 6.45) is 6.52. The van der Waals surface area contributed by atoms with Crippen LogP contribution in [-0.4, -0.2) is 16.9 Å². The van der Waals surface area contributed by atoms with Crippen molar-refractivity contribution in [1.82, 2.24) is 10.3 Å². The first kappa shape index (κ1) is 17.2. The van der Waals surface area contributed by atoms with Gasteiger partial charge in [-0.3, -0.25) is 9.78 Å². The number of carbonyl (C=O) groups is 1. The van der Waals surface area contributed by atoms with E-state index in [4.69, 9.17) is 0 Å². The Morgan fingerprint density at radius 3 is 2.83 bits per heavy atom. The molecule has 1 fully saturated rings. The molecule has 0 aliphatic heterocycles. The first-order valence-electron chi connectivity index (χ1n) is 8.75. The first-order valence-corrected chi connectivity index (χ1v) is 9.63. The number of benzene rings is 1. The predicted octanol–water partition coefficient (Wildman–Crippen LogP) is 4.55. The van der Waals surface area contributed by atoms with E-state index >= 15 is 0 Å². The zero-order chi connectivity index (χ0) is 17.0. The van der Waals surface area contributed by atoms with Crippen LogP contribution in [0.2, 0.25) is 0 Å². The standard InChI is InChI=1S/C20H26N2OS/c1-20(2)11-10-18(17(12-20)15-6-4-3-5-7-15)22-19(23)9-8-16-13-21-14-24-16/h3-7,13-14,17-18H,8-12H2,1-2H3,(H,22,23). The van der Waals surface area contributed by atoms with Gasteiger partial charge in [0.15, 0.2) is 0 Å². The van der Waals surface area contributed by atoms with E-state index in [-0.39, 0.29) is 11.9 Å². The summed E-state index contributed by atoms with van der Waals surface area (Å²) in [5, 5.41) is 3.31. The van der Waals surface area contributed by atoms with Crippen LogP contribution in [0, 0.1) is 5.41 Å². The third-order valence-corrected chi connectivity index (χ3v) is 5.89. The van der Waals surface area contributed by atoms with Crippen LogP contribution >= 0.6 is 11.3 Å². The number of thiazole rings is 1. The molecule has 2 atom stereocenters. The van der Waals surface area contributed by atoms with E-state index in [1.54, 1.807) is 11.3 Å². The lowest BCUT2D eigenvalue weighted by Crippen LogP contribution is -2.44. The highest BCUT2D eigenvalue weighted by Crippen LogP contribution is 2.43. The SMILES string of the molecule is CC1(C)CCC(NC(=O)CCc2cncs2)C(c2ccccc2)C1. The Morgan fingerprint density at radius 1 is 1.33 bits per heavy atom. The zero-order valence-corrected chi connectivity index (χ0v) is 15.3. The van der Waals surface area contributed by atoms with Crippen molar-refractivity contribution < 1.29 is 4.79 Å². The van der Waals surface area contributed by atoms with E-state index in [2.05, 4.69) is 54.5 Å². The lowest BCUT2D eigenvalue weighted by Gasteiger charge is -2.41. The summed E-state index contributed by atoms with van der Waals surface area (Å²) < 4.78 is 0. The van der Waals surface area contributed by atoms with Gasteiger partial charge < -0.3 is 5.32 Å². The Morgan fingerprint density at radius 2 is 2.12 bits per heavy atom. The molecule has 1 amide bonds. The molecule has 1 heterocycles. The monoisotopic (exact) mass is 342 g/mol. The van der Waals surface area contributed by atoms with Gasteiger partial charge in [0.1, 0.15) is 0 Å². The van der Waals surface area contributed by atoms with Gasteiger partial charge in [0.2, 0.25) is 5.91 Å². The third kappa shape index (κ3) is 4.44. The number of hydrogen-bond donors (Lipinski definition) is 1. The van der Waals surface area contributed by atoms with E-state index in [9.17, 15) is 4.79 Å². The summed E-state index contributed by atoms with van der Waals surface area (Å²) in [7, 11) is 0. The van der Waals surface area contributed by atoms with Gasteiger partial charge >= 0.3 is 0 Å². The van der Waals surface area contributed by atoms with Crippen molar-refractivity contribution in [3.05, 3.63) is 52.5 Å². The summed E-state index contributed by atoms with van der Waals surface area (Å²) >= 11 is 1.62. The molecule has 0 spiro atoms. The van der Waals surface area contributed by atoms with Gasteiger partial charge in [-0.15, -0.1) is 11.3 Å². The molecule has 3 rings (SSSR count). The number of aryl methyl sites for hydroxylation is 1. The Kier molecular flexibility index (Phi) is 5.34. The smallest absolute Gasteiger partial charge is 0.220 e. The fourth-order valence-electron chi connectivity index (χ4n) is 3.69. The minimum Gasteiger partial charge on any atom is -0.353 e. The highest BCUT2D eigenvalue weighted by atomic mass is 32.1. The van der Waals surface area contributed by atoms with E-state index in [1.807, 2.05) is 11.7 Å². The summed E-state index contributed by atoms with van der Waals surface area (Å²) in [6.45, 7) is 4.68. The molecule has 1 saturated carbocycles. The number of carbonyl (C=O) groups excluding carboxylic acids is 1. The molecule has 2 unspecified atom stereocenters. The Labute approximate surface area is 148 Å². The molecule has 4 heteroatoms. The molecule has 128 valence electrons. The van der Waals surface area contributed by atoms with E-state index in [0.29, 0.717) is 17.8 Å². The predicted molar refractivity (Wildman–Crippen MR) is 99.2 cm³/mol. The molecule has 3 nitrogen and oxygen atoms in total. The molecule has 1 N–H and O–H groups in total. The molecule has 1 aromatic heterocycles. The number of hydrogen-bond acceptors (Lipinski definition) is 3. The van der Waals surface area contributed by atoms with E-state index in [1.165, 1.54) is 10.4 Å². The normalized spacial score (nSPS) is 22.9. The summed E-state index contributed by atoms with van der Waals surface area (Å²) in [4.78, 5) is 17.7. The fourth-order valence-corrected chi connectivity index (χ4v) is 4.29. The Balaban J connectivity index is 1.64. The number of rotatable bonds is 5. The lowest BCUT2D eigenvalue weighted by atomic mass is 9.68. The minimum atomic E-state index is 0.161. The van der Waals surface area contributed by atoms with Crippen LogP contribution in [0.5, 0.6) is 0 Å². The van der Waals surface area contributed by atoms with E-state index in [0.717, 1.165) is 25.7 Å². The number of nitrogens with zero attached hydrogens (tertiary/aromatic N) is 1. The molecule has 0 saturated heterocycles. The lowest BCUT2D eigenvalue weighted by molar-refractivity contribution is -0.122. The van der Waals surface area contributed by atoms with Crippen LogP contribution < -0.4 is 5.32 Å². The van der Waals surface area contributed by atoms with Crippen LogP contribution in [0.4, 0.5) is 0 Å². The number of nitrogens with one attached hydrogen (secondary N) is 1. The number of aromatic nitrogens is 1. The maximum absolute atomic E-state index is 12.4. The molecule has 1 aliphatic rings. The largest absolute Gasteiger partial charge is 0.353 e. The second-order valence-corrected chi connectivity index (χ2v) is 8.54. The second kappa shape index (κ2) is 7.47. The van der Waals surface area contributed by atoms with Crippen molar-refractivity contribution in [2.75, 3.05) is 0 Å². The Hall–Kier alpha value is -1.68. The van der Waals surface area contributed by atoms with Gasteiger partial charge in [0.25, 0.3) is 0 Å². The highest BCUT2D eigenvalue weighted by Gasteiger charge is 2.36. The van der Waals surface area contributed by atoms with E-state index < -0.39 is 0 Å². The average molecular weight is 343 g/mol. The van der Waals surface area contributed by atoms with Crippen molar-refractivity contribution in [3.63, 3.8) is 0 Å². The van der Waals surface area contributed by atoms with Crippen molar-refractivity contribution in [2.45, 2.75) is 57.9 Å². The molecule has 2 aromatic rings. The van der Waals surface area contributed by atoms with Gasteiger partial charge in [0, 0.05) is 29.5 Å². The number of amides is 1. The Bertz CT molecular complexity index is 652. The second-order valence-electron chi connectivity index (χ2n) is 7.57. The van der Waals surface area contributed by atoms with Gasteiger partial charge in [-0.2, -0.15) is 0 Å². The average Bonchev–Trinajstić information content (AvgIpc) is 3.09. The quantitative estimate of drug-likeness (QED) is 0.866. The van der Waals surface area contributed by atoms with Crippen LogP contribution in [-0.2, 0) is 11.2 Å². The van der Waals surface area contributed by atoms with Gasteiger partial charge in [-0.25, -0.2) is 0 Å². The van der Waals surface area contributed by atoms with Crippen molar-refractivity contribution in [2.24, 2.45) is 5.41 Å². The maximum Gasteiger partial charge on any atom is 0.220 e. The van der Waals surface area contributed by atoms with Gasteiger partial charge in [0.05, 0.1) is 5.51 Å². The molecule has 24 heavy (non-hydrogen) atoms. The van der Waals surface area contributed by atoms with Gasteiger partial charge in [-0.05, 0) is 36.7 Å². The van der Waals surface area contributed by atoms with Crippen molar-refractivity contribution in [1.29, 1.82) is 0 Å². The molecule has 1 aliphatic carbocycles. The summed E-state index contributed by atoms with van der Waals surface area (Å²) in [6, 6.07) is 10.9. The molecular weight excluding hydrogens is 316 g/mol. The molecular formula is C20H26N2OS. The van der Waals surface area contributed by atoms with Crippen LogP contribution in [0.15, 0.2) is 42.0 Å². The van der Waals surface area contributed by atoms with Crippen molar-refractivity contribution >= 4 is 17.2 Å². The molecule has 1 aromatic carbocycles. The van der Waals surface area contributed by atoms with Crippen LogP contribution in [0.3, 0.4) is 0 Å². The topological polar surface area (TPSA) is 42.0 Å². The zero-order valence-electron chi connectivity index (χ0n) is 14.5. The summed E-state index contributed by atoms with van der Waals surface area (Å²) in [5.74, 6) is 0.566. The van der Waals surface area contributed by atoms with Gasteiger partial charge in [-0.1, -0.05) is 44.2 Å².